The van der Waals surface area contributed by atoms with Gasteiger partial charge < -0.3 is 14.9 Å². The number of fused-ring (bicyclic) bond motifs is 1. The third-order valence-corrected chi connectivity index (χ3v) is 6.00. The number of carboxylic acids is 1. The maximum atomic E-state index is 14.9. The Morgan fingerprint density at radius 3 is 2.57 bits per heavy atom. The van der Waals surface area contributed by atoms with Gasteiger partial charge in [0, 0.05) is 29.0 Å². The summed E-state index contributed by atoms with van der Waals surface area (Å²) in [5.74, 6) is -0.708. The van der Waals surface area contributed by atoms with Gasteiger partial charge in [-0.3, -0.25) is 9.78 Å². The van der Waals surface area contributed by atoms with Crippen LogP contribution in [0, 0.1) is 12.7 Å². The van der Waals surface area contributed by atoms with E-state index in [4.69, 9.17) is 21.4 Å². The number of rotatable bonds is 3. The molecule has 0 aliphatic carbocycles. The van der Waals surface area contributed by atoms with Crippen molar-refractivity contribution in [3.63, 3.8) is 0 Å². The number of aliphatic carboxylic acids is 1. The molecule has 2 heterocycles. The number of pyridine rings is 1. The summed E-state index contributed by atoms with van der Waals surface area (Å²) >= 11 is 6.03. The Labute approximate surface area is 208 Å². The fourth-order valence-corrected chi connectivity index (χ4v) is 4.54. The molecule has 4 aromatic rings. The highest BCUT2D eigenvalue weighted by Gasteiger charge is 2.23. The summed E-state index contributed by atoms with van der Waals surface area (Å²) in [6.45, 7) is 7.63. The van der Waals surface area contributed by atoms with Crippen LogP contribution in [0.25, 0.3) is 32.8 Å². The number of carbonyl (C=O) groups is 1. The van der Waals surface area contributed by atoms with Crippen LogP contribution in [0.2, 0.25) is 5.02 Å². The third-order valence-electron chi connectivity index (χ3n) is 5.71. The summed E-state index contributed by atoms with van der Waals surface area (Å²) in [5.41, 5.74) is 4.11. The zero-order valence-corrected chi connectivity index (χ0v) is 20.8. The van der Waals surface area contributed by atoms with Crippen LogP contribution in [-0.4, -0.2) is 33.4 Å². The summed E-state index contributed by atoms with van der Waals surface area (Å²) in [5, 5.41) is 20.0. The Kier molecular flexibility index (Phi) is 6.71. The molecule has 0 unspecified atom stereocenters. The van der Waals surface area contributed by atoms with Crippen LogP contribution < -0.4 is 4.74 Å². The van der Waals surface area contributed by atoms with Gasteiger partial charge in [0.15, 0.2) is 0 Å². The van der Waals surface area contributed by atoms with Gasteiger partial charge in [-0.2, -0.15) is 0 Å². The second kappa shape index (κ2) is 9.44. The van der Waals surface area contributed by atoms with E-state index in [0.717, 1.165) is 34.2 Å². The Bertz CT molecular complexity index is 1440. The van der Waals surface area contributed by atoms with E-state index in [0.29, 0.717) is 34.1 Å². The highest BCUT2D eigenvalue weighted by molar-refractivity contribution is 6.31. The van der Waals surface area contributed by atoms with Crippen LogP contribution in [0.3, 0.4) is 0 Å². The van der Waals surface area contributed by atoms with Crippen LogP contribution in [0.15, 0.2) is 42.6 Å². The van der Waals surface area contributed by atoms with Crippen molar-refractivity contribution in [2.45, 2.75) is 46.1 Å². The molecule has 0 fully saturated rings. The molecule has 0 atom stereocenters. The molecule has 0 saturated heterocycles. The number of nitrogens with zero attached hydrogens (tertiary/aromatic N) is 1. The second-order valence-electron chi connectivity index (χ2n) is 9.65. The average molecular weight is 496 g/mol. The largest absolute Gasteiger partial charge is 0.493 e. The molecule has 1 aromatic heterocycles. The summed E-state index contributed by atoms with van der Waals surface area (Å²) in [6, 6.07) is 10.7. The van der Waals surface area contributed by atoms with Gasteiger partial charge in [0.25, 0.3) is 0 Å². The zero-order valence-electron chi connectivity index (χ0n) is 20.1. The first-order valence-corrected chi connectivity index (χ1v) is 11.7. The van der Waals surface area contributed by atoms with Gasteiger partial charge in [0.05, 0.1) is 29.2 Å². The summed E-state index contributed by atoms with van der Waals surface area (Å²) in [6.07, 6.45) is 2.35. The van der Waals surface area contributed by atoms with E-state index in [9.17, 15) is 14.3 Å². The predicted molar refractivity (Wildman–Crippen MR) is 137 cm³/mol. The Morgan fingerprint density at radius 1 is 1.17 bits per heavy atom. The smallest absolute Gasteiger partial charge is 0.307 e. The Hall–Kier alpha value is -3.22. The number of hydrogen-bond donors (Lipinski definition) is 2. The Morgan fingerprint density at radius 2 is 1.89 bits per heavy atom. The lowest BCUT2D eigenvalue weighted by Gasteiger charge is -2.22. The van der Waals surface area contributed by atoms with Crippen molar-refractivity contribution in [3.05, 3.63) is 70.1 Å². The standard InChI is InChI=1S/C24H17ClFNO3.C4H10O/c1-12-10-17-14(2-4-18(25)23(17)26)22(16(12)11-20(28)29)15-3-5-19-21-13(7-9-30-19)6-8-27-24(15)21;1-4(2,3)5/h2-6,8,10H,7,9,11H2,1H3,(H,28,29);5H,1-3H3. The highest BCUT2D eigenvalue weighted by Crippen LogP contribution is 2.43. The van der Waals surface area contributed by atoms with E-state index in [1.54, 1.807) is 46.0 Å². The van der Waals surface area contributed by atoms with Crippen LogP contribution in [0.4, 0.5) is 4.39 Å². The lowest BCUT2D eigenvalue weighted by atomic mass is 9.86. The van der Waals surface area contributed by atoms with Gasteiger partial charge in [-0.1, -0.05) is 17.7 Å². The van der Waals surface area contributed by atoms with Gasteiger partial charge in [0.1, 0.15) is 11.6 Å². The molecular formula is C28H27ClFNO4. The van der Waals surface area contributed by atoms with E-state index < -0.39 is 17.4 Å². The van der Waals surface area contributed by atoms with E-state index >= 15 is 0 Å². The number of halogens is 2. The molecule has 182 valence electrons. The number of hydrogen-bond acceptors (Lipinski definition) is 4. The van der Waals surface area contributed by atoms with Gasteiger partial charge >= 0.3 is 5.97 Å². The molecule has 35 heavy (non-hydrogen) atoms. The topological polar surface area (TPSA) is 79.7 Å². The highest BCUT2D eigenvalue weighted by atomic mass is 35.5. The normalized spacial score (nSPS) is 12.8. The number of aliphatic hydroxyl groups is 1. The van der Waals surface area contributed by atoms with Crippen molar-refractivity contribution in [1.82, 2.24) is 4.98 Å². The van der Waals surface area contributed by atoms with Crippen LogP contribution in [0.5, 0.6) is 5.75 Å². The average Bonchev–Trinajstić information content (AvgIpc) is 2.77. The van der Waals surface area contributed by atoms with Gasteiger partial charge in [0.2, 0.25) is 0 Å². The number of aryl methyl sites for hydroxylation is 1. The molecule has 0 radical (unpaired) electrons. The minimum atomic E-state index is -0.952. The Balaban J connectivity index is 0.000000527. The molecule has 5 nitrogen and oxygen atoms in total. The molecule has 0 saturated carbocycles. The summed E-state index contributed by atoms with van der Waals surface area (Å²) in [4.78, 5) is 16.3. The van der Waals surface area contributed by atoms with Crippen molar-refractivity contribution in [2.24, 2.45) is 0 Å². The summed E-state index contributed by atoms with van der Waals surface area (Å²) in [7, 11) is 0. The van der Waals surface area contributed by atoms with Crippen molar-refractivity contribution in [1.29, 1.82) is 0 Å². The molecule has 0 spiro atoms. The SMILES string of the molecule is CC(C)(C)O.Cc1cc2c(F)c(Cl)ccc2c(-c2ccc3c4c(ccnc24)CCO3)c1CC(=O)O. The second-order valence-corrected chi connectivity index (χ2v) is 10.1. The number of ether oxygens (including phenoxy) is 1. The predicted octanol–water partition coefficient (Wildman–Crippen LogP) is 6.50. The van der Waals surface area contributed by atoms with Gasteiger partial charge in [-0.05, 0) is 85.7 Å². The molecular weight excluding hydrogens is 469 g/mol. The molecule has 2 N–H and O–H groups in total. The molecule has 3 aromatic carbocycles. The fraction of sp³-hybridized carbons (Fsp3) is 0.286. The molecule has 1 aliphatic rings. The summed E-state index contributed by atoms with van der Waals surface area (Å²) < 4.78 is 20.7. The maximum absolute atomic E-state index is 14.9. The molecule has 7 heteroatoms. The fourth-order valence-electron chi connectivity index (χ4n) is 4.38. The number of benzene rings is 3. The van der Waals surface area contributed by atoms with Crippen molar-refractivity contribution < 1.29 is 24.1 Å². The number of aromatic nitrogens is 1. The molecule has 0 amide bonds. The van der Waals surface area contributed by atoms with Crippen molar-refractivity contribution >= 4 is 39.2 Å². The van der Waals surface area contributed by atoms with E-state index in [1.807, 2.05) is 18.2 Å². The van der Waals surface area contributed by atoms with Crippen molar-refractivity contribution in [2.75, 3.05) is 6.61 Å². The first kappa shape index (κ1) is 24.9. The third kappa shape index (κ3) is 5.09. The monoisotopic (exact) mass is 495 g/mol. The molecule has 1 aliphatic heterocycles. The first-order chi connectivity index (χ1) is 16.5. The quantitative estimate of drug-likeness (QED) is 0.339. The number of carboxylic acid groups (broad SMARTS) is 1. The van der Waals surface area contributed by atoms with Crippen LogP contribution >= 0.6 is 11.6 Å². The van der Waals surface area contributed by atoms with E-state index in [2.05, 4.69) is 4.98 Å². The molecule has 5 rings (SSSR count). The van der Waals surface area contributed by atoms with Gasteiger partial charge in [-0.15, -0.1) is 0 Å². The van der Waals surface area contributed by atoms with Gasteiger partial charge in [-0.25, -0.2) is 4.39 Å². The minimum absolute atomic E-state index is 0.0299. The minimum Gasteiger partial charge on any atom is -0.493 e. The van der Waals surface area contributed by atoms with Crippen LogP contribution in [0.1, 0.15) is 37.5 Å². The maximum Gasteiger partial charge on any atom is 0.307 e. The lowest BCUT2D eigenvalue weighted by molar-refractivity contribution is -0.136. The van der Waals surface area contributed by atoms with E-state index in [1.165, 1.54) is 6.07 Å². The zero-order chi connectivity index (χ0) is 25.5. The lowest BCUT2D eigenvalue weighted by Crippen LogP contribution is -2.10. The van der Waals surface area contributed by atoms with Crippen LogP contribution in [-0.2, 0) is 17.6 Å². The first-order valence-electron chi connectivity index (χ1n) is 11.3. The van der Waals surface area contributed by atoms with Crippen molar-refractivity contribution in [3.8, 4) is 16.9 Å². The molecule has 0 bridgehead atoms. The van der Waals surface area contributed by atoms with E-state index in [-0.39, 0.29) is 11.4 Å².